The predicted molar refractivity (Wildman–Crippen MR) is 123 cm³/mol. The van der Waals surface area contributed by atoms with E-state index in [0.717, 1.165) is 18.4 Å². The van der Waals surface area contributed by atoms with Crippen molar-refractivity contribution in [1.82, 2.24) is 10.6 Å². The number of benzene rings is 2. The van der Waals surface area contributed by atoms with Crippen molar-refractivity contribution in [3.05, 3.63) is 65.7 Å². The van der Waals surface area contributed by atoms with Gasteiger partial charge in [-0.3, -0.25) is 4.79 Å². The number of carbonyl (C=O) groups excluding carboxylic acids is 2. The molecular weight excluding hydrogens is 424 g/mol. The molecule has 3 rings (SSSR count). The standard InChI is InChI=1S/C25H32N2O6/c1-32-22-10-6-5-9-21(22)23(30)27-17-25(18-7-3-2-4-8-18)13-11-20(12-14-25)33-24(31)26-15-19(29)16-28/h2-10,19-20,28-29H,11-17H2,1H3,(H,26,31)(H,27,30). The SMILES string of the molecule is COc1ccccc1C(=O)NCC1(c2ccccc2)CCC(OC(=O)NCC(O)CO)CC1. The van der Waals surface area contributed by atoms with E-state index >= 15 is 0 Å². The maximum Gasteiger partial charge on any atom is 0.407 e. The fourth-order valence-electron chi connectivity index (χ4n) is 4.26. The largest absolute Gasteiger partial charge is 0.496 e. The molecule has 0 spiro atoms. The van der Waals surface area contributed by atoms with Gasteiger partial charge in [-0.2, -0.15) is 0 Å². The summed E-state index contributed by atoms with van der Waals surface area (Å²) < 4.78 is 10.8. The monoisotopic (exact) mass is 456 g/mol. The Kier molecular flexibility index (Phi) is 8.68. The molecule has 1 aliphatic carbocycles. The first-order chi connectivity index (χ1) is 16.0. The Labute approximate surface area is 193 Å². The molecule has 2 amide bonds. The van der Waals surface area contributed by atoms with E-state index in [1.807, 2.05) is 24.3 Å². The second-order valence-corrected chi connectivity index (χ2v) is 8.35. The minimum Gasteiger partial charge on any atom is -0.496 e. The zero-order valence-corrected chi connectivity index (χ0v) is 18.8. The molecule has 0 radical (unpaired) electrons. The smallest absolute Gasteiger partial charge is 0.407 e. The lowest BCUT2D eigenvalue weighted by Gasteiger charge is -2.40. The molecule has 8 nitrogen and oxygen atoms in total. The third kappa shape index (κ3) is 6.46. The average molecular weight is 457 g/mol. The van der Waals surface area contributed by atoms with E-state index < -0.39 is 18.8 Å². The Balaban J connectivity index is 1.64. The molecule has 1 aliphatic rings. The minimum absolute atomic E-state index is 0.0645. The molecule has 33 heavy (non-hydrogen) atoms. The molecule has 4 N–H and O–H groups in total. The highest BCUT2D eigenvalue weighted by atomic mass is 16.6. The number of carbonyl (C=O) groups is 2. The Morgan fingerprint density at radius 2 is 1.73 bits per heavy atom. The van der Waals surface area contributed by atoms with Crippen molar-refractivity contribution in [2.45, 2.75) is 43.3 Å². The Morgan fingerprint density at radius 3 is 2.39 bits per heavy atom. The van der Waals surface area contributed by atoms with Crippen LogP contribution in [0.5, 0.6) is 5.75 Å². The minimum atomic E-state index is -1.01. The maximum atomic E-state index is 12.9. The molecule has 0 aliphatic heterocycles. The van der Waals surface area contributed by atoms with E-state index in [4.69, 9.17) is 14.6 Å². The molecule has 1 unspecified atom stereocenters. The van der Waals surface area contributed by atoms with Crippen molar-refractivity contribution in [3.8, 4) is 5.75 Å². The molecule has 8 heteroatoms. The average Bonchev–Trinajstić information content (AvgIpc) is 2.87. The number of para-hydroxylation sites is 1. The summed E-state index contributed by atoms with van der Waals surface area (Å²) in [6.07, 6.45) is 0.898. The van der Waals surface area contributed by atoms with E-state index in [1.54, 1.807) is 25.3 Å². The van der Waals surface area contributed by atoms with Crippen LogP contribution in [0, 0.1) is 0 Å². The molecule has 2 aromatic carbocycles. The van der Waals surface area contributed by atoms with Gasteiger partial charge >= 0.3 is 6.09 Å². The second kappa shape index (κ2) is 11.7. The van der Waals surface area contributed by atoms with Gasteiger partial charge < -0.3 is 30.3 Å². The Morgan fingerprint density at radius 1 is 1.06 bits per heavy atom. The van der Waals surface area contributed by atoms with Crippen LogP contribution in [-0.2, 0) is 10.2 Å². The van der Waals surface area contributed by atoms with Gasteiger partial charge in [0.15, 0.2) is 0 Å². The fraction of sp³-hybridized carbons (Fsp3) is 0.440. The van der Waals surface area contributed by atoms with Gasteiger partial charge in [0.05, 0.1) is 25.4 Å². The number of alkyl carbamates (subject to hydrolysis) is 1. The molecule has 1 fully saturated rings. The summed E-state index contributed by atoms with van der Waals surface area (Å²) in [5, 5.41) is 23.8. The highest BCUT2D eigenvalue weighted by Gasteiger charge is 2.38. The summed E-state index contributed by atoms with van der Waals surface area (Å²) in [4.78, 5) is 24.9. The van der Waals surface area contributed by atoms with Gasteiger partial charge in [0.25, 0.3) is 5.91 Å². The van der Waals surface area contributed by atoms with E-state index in [0.29, 0.717) is 30.7 Å². The Hall–Kier alpha value is -3.10. The number of amides is 2. The first-order valence-corrected chi connectivity index (χ1v) is 11.2. The van der Waals surface area contributed by atoms with E-state index in [9.17, 15) is 14.7 Å². The summed E-state index contributed by atoms with van der Waals surface area (Å²) in [6.45, 7) is -0.0373. The van der Waals surface area contributed by atoms with Crippen molar-refractivity contribution in [2.75, 3.05) is 26.8 Å². The van der Waals surface area contributed by atoms with Crippen LogP contribution in [0.1, 0.15) is 41.6 Å². The lowest BCUT2D eigenvalue weighted by molar-refractivity contribution is 0.0496. The number of aliphatic hydroxyl groups is 2. The lowest BCUT2D eigenvalue weighted by atomic mass is 9.68. The third-order valence-corrected chi connectivity index (χ3v) is 6.18. The predicted octanol–water partition coefficient (Wildman–Crippen LogP) is 2.38. The summed E-state index contributed by atoms with van der Waals surface area (Å²) in [6, 6.07) is 17.2. The topological polar surface area (TPSA) is 117 Å². The highest BCUT2D eigenvalue weighted by molar-refractivity contribution is 5.96. The first kappa shape index (κ1) is 24.5. The normalized spacial score (nSPS) is 21.0. The molecule has 0 saturated heterocycles. The number of rotatable bonds is 9. The van der Waals surface area contributed by atoms with Gasteiger partial charge in [-0.05, 0) is 43.4 Å². The molecule has 1 atom stereocenters. The lowest BCUT2D eigenvalue weighted by Crippen LogP contribution is -2.45. The van der Waals surface area contributed by atoms with E-state index in [-0.39, 0.29) is 24.0 Å². The molecule has 2 aromatic rings. The van der Waals surface area contributed by atoms with Crippen molar-refractivity contribution in [2.24, 2.45) is 0 Å². The van der Waals surface area contributed by atoms with Crippen LogP contribution in [0.4, 0.5) is 4.79 Å². The van der Waals surface area contributed by atoms with Crippen LogP contribution in [-0.4, -0.2) is 61.2 Å². The van der Waals surface area contributed by atoms with Crippen molar-refractivity contribution in [3.63, 3.8) is 0 Å². The zero-order valence-electron chi connectivity index (χ0n) is 18.8. The van der Waals surface area contributed by atoms with Crippen LogP contribution in [0.2, 0.25) is 0 Å². The van der Waals surface area contributed by atoms with Gasteiger partial charge in [0.2, 0.25) is 0 Å². The van der Waals surface area contributed by atoms with Crippen molar-refractivity contribution >= 4 is 12.0 Å². The summed E-state index contributed by atoms with van der Waals surface area (Å²) in [5.41, 5.74) is 1.35. The maximum absolute atomic E-state index is 12.9. The van der Waals surface area contributed by atoms with Gasteiger partial charge in [-0.15, -0.1) is 0 Å². The van der Waals surface area contributed by atoms with Gasteiger partial charge in [0, 0.05) is 18.5 Å². The van der Waals surface area contributed by atoms with Crippen molar-refractivity contribution < 1.29 is 29.3 Å². The van der Waals surface area contributed by atoms with E-state index in [2.05, 4.69) is 22.8 Å². The zero-order chi connectivity index (χ0) is 23.7. The first-order valence-electron chi connectivity index (χ1n) is 11.2. The van der Waals surface area contributed by atoms with Crippen LogP contribution >= 0.6 is 0 Å². The van der Waals surface area contributed by atoms with Gasteiger partial charge in [-0.25, -0.2) is 4.79 Å². The number of hydrogen-bond donors (Lipinski definition) is 4. The number of nitrogens with one attached hydrogen (secondary N) is 2. The molecule has 0 bridgehead atoms. The third-order valence-electron chi connectivity index (χ3n) is 6.18. The van der Waals surface area contributed by atoms with Crippen molar-refractivity contribution in [1.29, 1.82) is 0 Å². The summed E-state index contributed by atoms with van der Waals surface area (Å²) in [7, 11) is 1.54. The number of aliphatic hydroxyl groups excluding tert-OH is 2. The molecule has 0 aromatic heterocycles. The fourth-order valence-corrected chi connectivity index (χ4v) is 4.26. The van der Waals surface area contributed by atoms with E-state index in [1.165, 1.54) is 0 Å². The molecular formula is C25H32N2O6. The quantitative estimate of drug-likeness (QED) is 0.460. The Bertz CT molecular complexity index is 912. The van der Waals surface area contributed by atoms with Gasteiger partial charge in [-0.1, -0.05) is 42.5 Å². The van der Waals surface area contributed by atoms with Crippen LogP contribution in [0.3, 0.4) is 0 Å². The van der Waals surface area contributed by atoms with Gasteiger partial charge in [0.1, 0.15) is 11.9 Å². The number of hydrogen-bond acceptors (Lipinski definition) is 6. The molecule has 1 saturated carbocycles. The number of methoxy groups -OCH3 is 1. The highest BCUT2D eigenvalue weighted by Crippen LogP contribution is 2.40. The number of ether oxygens (including phenoxy) is 2. The second-order valence-electron chi connectivity index (χ2n) is 8.35. The summed E-state index contributed by atoms with van der Waals surface area (Å²) >= 11 is 0. The summed E-state index contributed by atoms with van der Waals surface area (Å²) in [5.74, 6) is 0.334. The molecule has 0 heterocycles. The van der Waals surface area contributed by atoms with Crippen LogP contribution < -0.4 is 15.4 Å². The van der Waals surface area contributed by atoms with Crippen LogP contribution in [0.25, 0.3) is 0 Å². The van der Waals surface area contributed by atoms with Crippen LogP contribution in [0.15, 0.2) is 54.6 Å². The molecule has 178 valence electrons.